The summed E-state index contributed by atoms with van der Waals surface area (Å²) in [4.78, 5) is 23.9. The van der Waals surface area contributed by atoms with Gasteiger partial charge in [-0.25, -0.2) is 4.79 Å². The molecule has 34 heavy (non-hydrogen) atoms. The summed E-state index contributed by atoms with van der Waals surface area (Å²) in [7, 11) is 0. The van der Waals surface area contributed by atoms with Gasteiger partial charge in [-0.3, -0.25) is 4.79 Å². The van der Waals surface area contributed by atoms with E-state index >= 15 is 0 Å². The summed E-state index contributed by atoms with van der Waals surface area (Å²) in [6, 6.07) is 19.6. The van der Waals surface area contributed by atoms with Crippen LogP contribution in [0, 0.1) is 11.5 Å². The van der Waals surface area contributed by atoms with E-state index in [0.717, 1.165) is 16.7 Å². The highest BCUT2D eigenvalue weighted by Gasteiger charge is 2.05. The number of nitrogens with one attached hydrogen (secondary N) is 1. The van der Waals surface area contributed by atoms with Crippen LogP contribution in [0.15, 0.2) is 72.8 Å². The van der Waals surface area contributed by atoms with Crippen LogP contribution in [0.2, 0.25) is 0 Å². The van der Waals surface area contributed by atoms with Crippen molar-refractivity contribution in [1.29, 1.82) is 5.26 Å². The lowest BCUT2D eigenvalue weighted by atomic mass is 10.0. The van der Waals surface area contributed by atoms with Crippen molar-refractivity contribution >= 4 is 35.0 Å². The normalized spacial score (nSPS) is 10.4. The molecule has 0 aliphatic rings. The van der Waals surface area contributed by atoms with Gasteiger partial charge in [0.15, 0.2) is 0 Å². The molecule has 8 heteroatoms. The highest BCUT2D eigenvalue weighted by Crippen LogP contribution is 2.23. The van der Waals surface area contributed by atoms with Gasteiger partial charge < -0.3 is 26.3 Å². The lowest BCUT2D eigenvalue weighted by Gasteiger charge is -2.07. The number of rotatable bonds is 9. The number of nitrogen functional groups attached to an aromatic ring is 2. The first kappa shape index (κ1) is 23.9. The third kappa shape index (κ3) is 7.43. The number of benzene rings is 3. The minimum atomic E-state index is -0.485. The topological polar surface area (TPSA) is 140 Å². The van der Waals surface area contributed by atoms with Crippen LogP contribution >= 0.6 is 0 Å². The first-order chi connectivity index (χ1) is 16.4. The molecule has 3 aromatic carbocycles. The van der Waals surface area contributed by atoms with Gasteiger partial charge >= 0.3 is 5.97 Å². The fourth-order valence-corrected chi connectivity index (χ4v) is 3.14. The van der Waals surface area contributed by atoms with Crippen molar-refractivity contribution in [1.82, 2.24) is 0 Å². The second-order valence-corrected chi connectivity index (χ2v) is 7.38. The monoisotopic (exact) mass is 456 g/mol. The molecule has 0 heterocycles. The number of carbonyl (C=O) groups excluding carboxylic acids is 2. The summed E-state index contributed by atoms with van der Waals surface area (Å²) in [5, 5.41) is 11.2. The number of esters is 1. The van der Waals surface area contributed by atoms with Gasteiger partial charge in [-0.15, -0.1) is 5.26 Å². The zero-order chi connectivity index (χ0) is 24.3. The Balaban J connectivity index is 1.40. The highest BCUT2D eigenvalue weighted by molar-refractivity contribution is 5.92. The Morgan fingerprint density at radius 3 is 2.18 bits per heavy atom. The maximum atomic E-state index is 12.0. The zero-order valence-electron chi connectivity index (χ0n) is 18.4. The van der Waals surface area contributed by atoms with Crippen molar-refractivity contribution < 1.29 is 19.1 Å². The van der Waals surface area contributed by atoms with E-state index in [0.29, 0.717) is 29.2 Å². The number of hydrogen-bond acceptors (Lipinski definition) is 7. The molecule has 0 bridgehead atoms. The molecule has 172 valence electrons. The quantitative estimate of drug-likeness (QED) is 0.143. The number of carbonyl (C=O) groups is 2. The molecule has 0 saturated carbocycles. The Hall–Kier alpha value is -4.77. The number of amides is 1. The van der Waals surface area contributed by atoms with Crippen molar-refractivity contribution in [2.75, 3.05) is 23.4 Å². The Morgan fingerprint density at radius 2 is 1.56 bits per heavy atom. The van der Waals surface area contributed by atoms with Gasteiger partial charge in [-0.2, -0.15) is 0 Å². The largest absolute Gasteiger partial charge is 0.463 e. The van der Waals surface area contributed by atoms with E-state index in [9.17, 15) is 9.59 Å². The van der Waals surface area contributed by atoms with Gasteiger partial charge in [-0.05, 0) is 59.5 Å². The number of nitrogens with two attached hydrogens (primary N) is 2. The van der Waals surface area contributed by atoms with Gasteiger partial charge in [0.2, 0.25) is 5.91 Å². The van der Waals surface area contributed by atoms with Crippen LogP contribution in [0.3, 0.4) is 0 Å². The summed E-state index contributed by atoms with van der Waals surface area (Å²) in [6.45, 7) is 0.125. The van der Waals surface area contributed by atoms with E-state index in [4.69, 9.17) is 26.2 Å². The molecule has 3 rings (SSSR count). The zero-order valence-corrected chi connectivity index (χ0v) is 18.4. The maximum Gasteiger partial charge on any atom is 0.330 e. The van der Waals surface area contributed by atoms with Gasteiger partial charge in [0.1, 0.15) is 5.75 Å². The number of nitriles is 1. The SMILES string of the molecule is N#COc1ccc(-c2ccc(/C=C/C(=O)OCCCC(=O)Nc3cc(N)cc(N)c3)cc2)cc1. The summed E-state index contributed by atoms with van der Waals surface area (Å²) in [5.74, 6) is -0.221. The van der Waals surface area contributed by atoms with Crippen molar-refractivity contribution in [3.63, 3.8) is 0 Å². The minimum Gasteiger partial charge on any atom is -0.463 e. The molecule has 3 aromatic rings. The van der Waals surface area contributed by atoms with Crippen LogP contribution < -0.4 is 21.5 Å². The summed E-state index contributed by atoms with van der Waals surface area (Å²) in [5.41, 5.74) is 15.7. The van der Waals surface area contributed by atoms with E-state index < -0.39 is 5.97 Å². The van der Waals surface area contributed by atoms with Crippen molar-refractivity contribution in [2.24, 2.45) is 0 Å². The van der Waals surface area contributed by atoms with E-state index in [1.54, 1.807) is 42.7 Å². The van der Waals surface area contributed by atoms with Crippen molar-refractivity contribution in [2.45, 2.75) is 12.8 Å². The number of anilines is 3. The predicted molar refractivity (Wildman–Crippen MR) is 131 cm³/mol. The van der Waals surface area contributed by atoms with Crippen LogP contribution in [-0.4, -0.2) is 18.5 Å². The second kappa shape index (κ2) is 11.7. The molecule has 0 radical (unpaired) electrons. The van der Waals surface area contributed by atoms with Crippen LogP contribution in [0.25, 0.3) is 17.2 Å². The maximum absolute atomic E-state index is 12.0. The molecule has 8 nitrogen and oxygen atoms in total. The summed E-state index contributed by atoms with van der Waals surface area (Å²) >= 11 is 0. The number of hydrogen-bond donors (Lipinski definition) is 3. The van der Waals surface area contributed by atoms with E-state index in [2.05, 4.69) is 5.32 Å². The first-order valence-electron chi connectivity index (χ1n) is 10.5. The fraction of sp³-hybridized carbons (Fsp3) is 0.115. The van der Waals surface area contributed by atoms with Gasteiger partial charge in [0, 0.05) is 29.6 Å². The smallest absolute Gasteiger partial charge is 0.330 e. The summed E-state index contributed by atoms with van der Waals surface area (Å²) in [6.07, 6.45) is 5.22. The molecule has 0 aliphatic carbocycles. The number of ether oxygens (including phenoxy) is 2. The lowest BCUT2D eigenvalue weighted by molar-refractivity contribution is -0.138. The molecule has 0 spiro atoms. The molecule has 0 aliphatic heterocycles. The fourth-order valence-electron chi connectivity index (χ4n) is 3.14. The standard InChI is InChI=1S/C26H24N4O4/c27-17-34-24-10-8-20(9-11-24)19-6-3-18(4-7-19)5-12-26(32)33-13-1-2-25(31)30-23-15-21(28)14-22(29)16-23/h3-12,14-16H,1-2,13,28-29H2,(H,30,31)/b12-5+. The van der Waals surface area contributed by atoms with E-state index in [-0.39, 0.29) is 18.9 Å². The molecule has 0 fully saturated rings. The minimum absolute atomic E-state index is 0.125. The Morgan fingerprint density at radius 1 is 0.941 bits per heavy atom. The third-order valence-corrected chi connectivity index (χ3v) is 4.73. The third-order valence-electron chi connectivity index (χ3n) is 4.73. The van der Waals surface area contributed by atoms with Gasteiger partial charge in [0.25, 0.3) is 6.26 Å². The average Bonchev–Trinajstić information content (AvgIpc) is 2.81. The first-order valence-corrected chi connectivity index (χ1v) is 10.5. The molecular weight excluding hydrogens is 432 g/mol. The van der Waals surface area contributed by atoms with Crippen molar-refractivity contribution in [3.05, 3.63) is 78.4 Å². The van der Waals surface area contributed by atoms with E-state index in [1.807, 2.05) is 36.4 Å². The van der Waals surface area contributed by atoms with Crippen molar-refractivity contribution in [3.8, 4) is 23.1 Å². The predicted octanol–water partition coefficient (Wildman–Crippen LogP) is 4.35. The lowest BCUT2D eigenvalue weighted by Crippen LogP contribution is -2.13. The van der Waals surface area contributed by atoms with Crippen LogP contribution in [0.5, 0.6) is 5.75 Å². The Kier molecular flexibility index (Phi) is 8.25. The molecular formula is C26H24N4O4. The molecule has 0 unspecified atom stereocenters. The Labute approximate surface area is 197 Å². The van der Waals surface area contributed by atoms with Crippen LogP contribution in [0.4, 0.5) is 17.1 Å². The van der Waals surface area contributed by atoms with E-state index in [1.165, 1.54) is 6.08 Å². The average molecular weight is 457 g/mol. The molecule has 1 amide bonds. The number of nitrogens with zero attached hydrogens (tertiary/aromatic N) is 1. The van der Waals surface area contributed by atoms with Crippen LogP contribution in [0.1, 0.15) is 18.4 Å². The molecule has 0 saturated heterocycles. The summed E-state index contributed by atoms with van der Waals surface area (Å²) < 4.78 is 9.92. The van der Waals surface area contributed by atoms with Gasteiger partial charge in [-0.1, -0.05) is 36.4 Å². The van der Waals surface area contributed by atoms with Crippen LogP contribution in [-0.2, 0) is 14.3 Å². The molecule has 5 N–H and O–H groups in total. The molecule has 0 atom stereocenters. The van der Waals surface area contributed by atoms with Gasteiger partial charge in [0.05, 0.1) is 6.61 Å². The molecule has 0 aromatic heterocycles. The highest BCUT2D eigenvalue weighted by atomic mass is 16.5. The second-order valence-electron chi connectivity index (χ2n) is 7.38. The Bertz CT molecular complexity index is 1190.